The number of nitrogens with zero attached hydrogens (tertiary/aromatic N) is 5. The molecule has 8 heteroatoms. The van der Waals surface area contributed by atoms with Crippen molar-refractivity contribution in [1.29, 1.82) is 0 Å². The van der Waals surface area contributed by atoms with Gasteiger partial charge in [-0.2, -0.15) is 5.10 Å². The van der Waals surface area contributed by atoms with Gasteiger partial charge >= 0.3 is 0 Å². The Bertz CT molecular complexity index is 1600. The first kappa shape index (κ1) is 22.0. The number of allylic oxidation sites excluding steroid dienone is 1. The lowest BCUT2D eigenvalue weighted by atomic mass is 9.83. The third-order valence-corrected chi connectivity index (χ3v) is 7.82. The van der Waals surface area contributed by atoms with E-state index < -0.39 is 0 Å². The quantitative estimate of drug-likeness (QED) is 0.259. The summed E-state index contributed by atoms with van der Waals surface area (Å²) in [5.74, 6) is 1.62. The maximum atomic E-state index is 4.74. The highest BCUT2D eigenvalue weighted by Gasteiger charge is 2.21. The zero-order valence-electron chi connectivity index (χ0n) is 20.8. The van der Waals surface area contributed by atoms with Gasteiger partial charge < -0.3 is 15.2 Å². The van der Waals surface area contributed by atoms with Gasteiger partial charge in [-0.3, -0.25) is 15.1 Å². The van der Waals surface area contributed by atoms with Gasteiger partial charge in [0, 0.05) is 47.5 Å². The molecule has 3 N–H and O–H groups in total. The Morgan fingerprint density at radius 1 is 0.946 bits per heavy atom. The summed E-state index contributed by atoms with van der Waals surface area (Å²) in [6, 6.07) is 8.39. The van der Waals surface area contributed by atoms with Crippen molar-refractivity contribution in [2.24, 2.45) is 5.92 Å². The minimum Gasteiger partial charge on any atom is -0.358 e. The molecule has 5 aromatic heterocycles. The number of H-pyrrole nitrogens is 2. The Hall–Kier alpha value is -4.20. The van der Waals surface area contributed by atoms with Crippen molar-refractivity contribution in [1.82, 2.24) is 30.1 Å². The van der Waals surface area contributed by atoms with Crippen molar-refractivity contribution in [2.45, 2.75) is 38.5 Å². The minimum atomic E-state index is 0.563. The van der Waals surface area contributed by atoms with Gasteiger partial charge in [0.15, 0.2) is 0 Å². The predicted octanol–water partition coefficient (Wildman–Crippen LogP) is 6.28. The summed E-state index contributed by atoms with van der Waals surface area (Å²) in [4.78, 5) is 19.9. The third-order valence-electron chi connectivity index (χ3n) is 7.82. The molecule has 6 heterocycles. The molecule has 5 aromatic rings. The van der Waals surface area contributed by atoms with E-state index in [-0.39, 0.29) is 0 Å². The first-order chi connectivity index (χ1) is 18.2. The van der Waals surface area contributed by atoms with E-state index in [0.717, 1.165) is 74.7 Å². The Labute approximate surface area is 215 Å². The fraction of sp³-hybridized carbons (Fsp3) is 0.310. The number of rotatable bonds is 6. The molecule has 1 saturated carbocycles. The molecule has 186 valence electrons. The summed E-state index contributed by atoms with van der Waals surface area (Å²) in [6.07, 6.45) is 14.9. The van der Waals surface area contributed by atoms with Crippen LogP contribution in [-0.4, -0.2) is 43.2 Å². The Balaban J connectivity index is 1.23. The van der Waals surface area contributed by atoms with E-state index in [1.54, 1.807) is 0 Å². The molecule has 0 aromatic carbocycles. The maximum absolute atomic E-state index is 4.74. The summed E-state index contributed by atoms with van der Waals surface area (Å²) in [7, 11) is 0. The number of nitrogens with one attached hydrogen (secondary N) is 3. The molecule has 0 unspecified atom stereocenters. The monoisotopic (exact) mass is 490 g/mol. The highest BCUT2D eigenvalue weighted by Crippen LogP contribution is 2.35. The van der Waals surface area contributed by atoms with E-state index in [2.05, 4.69) is 55.2 Å². The maximum Gasteiger partial charge on any atom is 0.137 e. The fourth-order valence-electron chi connectivity index (χ4n) is 5.50. The molecule has 0 atom stereocenters. The van der Waals surface area contributed by atoms with E-state index in [1.165, 1.54) is 38.5 Å². The van der Waals surface area contributed by atoms with Crippen LogP contribution >= 0.6 is 0 Å². The SMILES string of the molecule is C=C(Nc1cncc(-c2cc3c(-c4cc5c(N6CCCCC6)nccc5[nH]4)n[nH]c3cn2)c1)C1CCC1. The number of hydrogen-bond donors (Lipinski definition) is 3. The van der Waals surface area contributed by atoms with Crippen molar-refractivity contribution in [3.05, 3.63) is 61.3 Å². The van der Waals surface area contributed by atoms with E-state index in [1.807, 2.05) is 30.9 Å². The van der Waals surface area contributed by atoms with Crippen molar-refractivity contribution in [3.63, 3.8) is 0 Å². The largest absolute Gasteiger partial charge is 0.358 e. The molecule has 0 spiro atoms. The number of pyridine rings is 3. The van der Waals surface area contributed by atoms with Gasteiger partial charge in [0.1, 0.15) is 11.5 Å². The van der Waals surface area contributed by atoms with Crippen LogP contribution in [0.1, 0.15) is 38.5 Å². The molecule has 1 aliphatic carbocycles. The third kappa shape index (κ3) is 4.02. The fourth-order valence-corrected chi connectivity index (χ4v) is 5.50. The molecule has 1 aliphatic heterocycles. The van der Waals surface area contributed by atoms with Gasteiger partial charge in [-0.05, 0) is 62.3 Å². The van der Waals surface area contributed by atoms with Crippen LogP contribution in [0.2, 0.25) is 0 Å². The zero-order valence-corrected chi connectivity index (χ0v) is 20.8. The zero-order chi connectivity index (χ0) is 24.8. The lowest BCUT2D eigenvalue weighted by molar-refractivity contribution is 0.371. The minimum absolute atomic E-state index is 0.563. The standard InChI is InChI=1S/C29H30N8/c1-18(19-6-5-7-19)33-21-12-20(15-30-16-21)25-13-22-27(17-32-25)35-36-28(22)26-14-23-24(34-26)8-9-31-29(23)37-10-3-2-4-11-37/h8-9,12-17,19,33-34H,1-7,10-11H2,(H,35,36). The van der Waals surface area contributed by atoms with Crippen LogP contribution in [0.5, 0.6) is 0 Å². The molecular weight excluding hydrogens is 460 g/mol. The average molecular weight is 491 g/mol. The van der Waals surface area contributed by atoms with Gasteiger partial charge in [0.2, 0.25) is 0 Å². The Kier molecular flexibility index (Phi) is 5.38. The van der Waals surface area contributed by atoms with Gasteiger partial charge in [-0.15, -0.1) is 0 Å². The van der Waals surface area contributed by atoms with Crippen LogP contribution in [0.3, 0.4) is 0 Å². The molecule has 0 bridgehead atoms. The average Bonchev–Trinajstić information content (AvgIpc) is 3.52. The second kappa shape index (κ2) is 9.03. The molecule has 7 rings (SSSR count). The smallest absolute Gasteiger partial charge is 0.137 e. The first-order valence-electron chi connectivity index (χ1n) is 13.2. The van der Waals surface area contributed by atoms with Gasteiger partial charge in [0.05, 0.1) is 40.5 Å². The van der Waals surface area contributed by atoms with Crippen molar-refractivity contribution in [3.8, 4) is 22.6 Å². The lowest BCUT2D eigenvalue weighted by Crippen LogP contribution is -2.30. The van der Waals surface area contributed by atoms with Gasteiger partial charge in [-0.25, -0.2) is 4.98 Å². The van der Waals surface area contributed by atoms with E-state index in [9.17, 15) is 0 Å². The van der Waals surface area contributed by atoms with Crippen LogP contribution in [0.15, 0.2) is 61.3 Å². The highest BCUT2D eigenvalue weighted by molar-refractivity contribution is 5.99. The molecule has 0 amide bonds. The van der Waals surface area contributed by atoms with Crippen molar-refractivity contribution < 1.29 is 0 Å². The summed E-state index contributed by atoms with van der Waals surface area (Å²) in [6.45, 7) is 6.35. The van der Waals surface area contributed by atoms with Crippen molar-refractivity contribution in [2.75, 3.05) is 23.3 Å². The summed E-state index contributed by atoms with van der Waals surface area (Å²) in [5.41, 5.74) is 7.63. The number of fused-ring (bicyclic) bond motifs is 2. The van der Waals surface area contributed by atoms with E-state index in [4.69, 9.17) is 9.97 Å². The molecule has 8 nitrogen and oxygen atoms in total. The highest BCUT2D eigenvalue weighted by atomic mass is 15.2. The topological polar surface area (TPSA) is 98.4 Å². The molecule has 0 radical (unpaired) electrons. The van der Waals surface area contributed by atoms with Gasteiger partial charge in [-0.1, -0.05) is 13.0 Å². The molecular formula is C29H30N8. The Morgan fingerprint density at radius 3 is 2.68 bits per heavy atom. The summed E-state index contributed by atoms with van der Waals surface area (Å²) >= 11 is 0. The molecule has 2 aliphatic rings. The van der Waals surface area contributed by atoms with Gasteiger partial charge in [0.25, 0.3) is 0 Å². The van der Waals surface area contributed by atoms with Crippen LogP contribution in [0.25, 0.3) is 44.5 Å². The van der Waals surface area contributed by atoms with Crippen LogP contribution in [0.4, 0.5) is 11.5 Å². The second-order valence-electron chi connectivity index (χ2n) is 10.3. The first-order valence-corrected chi connectivity index (χ1v) is 13.2. The molecule has 2 fully saturated rings. The van der Waals surface area contributed by atoms with Crippen molar-refractivity contribution >= 4 is 33.3 Å². The molecule has 1 saturated heterocycles. The van der Waals surface area contributed by atoms with E-state index >= 15 is 0 Å². The van der Waals surface area contributed by atoms with E-state index in [0.29, 0.717) is 5.92 Å². The number of anilines is 2. The molecule has 37 heavy (non-hydrogen) atoms. The van der Waals surface area contributed by atoms with Crippen LogP contribution in [0, 0.1) is 5.92 Å². The summed E-state index contributed by atoms with van der Waals surface area (Å²) < 4.78 is 0. The lowest BCUT2D eigenvalue weighted by Gasteiger charge is -2.28. The van der Waals surface area contributed by atoms with Crippen LogP contribution in [-0.2, 0) is 0 Å². The summed E-state index contributed by atoms with van der Waals surface area (Å²) in [5, 5.41) is 13.4. The second-order valence-corrected chi connectivity index (χ2v) is 10.3. The number of hydrogen-bond acceptors (Lipinski definition) is 6. The predicted molar refractivity (Wildman–Crippen MR) is 148 cm³/mol. The van der Waals surface area contributed by atoms with Crippen LogP contribution < -0.4 is 10.2 Å². The number of aromatic amines is 2. The number of aromatic nitrogens is 6. The number of piperidine rings is 1. The Morgan fingerprint density at radius 2 is 1.84 bits per heavy atom. The normalized spacial score (nSPS) is 16.3.